The number of hydrogen-bond donors (Lipinski definition) is 1. The quantitative estimate of drug-likeness (QED) is 0.666. The van der Waals surface area contributed by atoms with E-state index in [2.05, 4.69) is 24.9 Å². The lowest BCUT2D eigenvalue weighted by atomic mass is 10.3. The van der Waals surface area contributed by atoms with E-state index in [9.17, 15) is 8.42 Å². The summed E-state index contributed by atoms with van der Waals surface area (Å²) in [6, 6.07) is 10.2. The summed E-state index contributed by atoms with van der Waals surface area (Å²) in [6.07, 6.45) is 0. The zero-order valence-electron chi connectivity index (χ0n) is 17.3. The van der Waals surface area contributed by atoms with E-state index in [4.69, 9.17) is 16.7 Å². The van der Waals surface area contributed by atoms with Crippen LogP contribution in [0.15, 0.2) is 41.3 Å². The summed E-state index contributed by atoms with van der Waals surface area (Å²) in [6.45, 7) is 6.29. The fourth-order valence-corrected chi connectivity index (χ4v) is 5.46. The second-order valence-corrected chi connectivity index (χ2v) is 10.0. The molecule has 0 radical (unpaired) electrons. The van der Waals surface area contributed by atoms with Gasteiger partial charge in [0.2, 0.25) is 10.0 Å². The van der Waals surface area contributed by atoms with E-state index >= 15 is 0 Å². The van der Waals surface area contributed by atoms with Gasteiger partial charge in [-0.05, 0) is 36.4 Å². The second-order valence-electron chi connectivity index (χ2n) is 7.65. The van der Waals surface area contributed by atoms with Gasteiger partial charge in [-0.2, -0.15) is 4.31 Å². The van der Waals surface area contributed by atoms with Crippen molar-refractivity contribution in [2.24, 2.45) is 0 Å². The Bertz CT molecular complexity index is 957. The predicted octanol–water partition coefficient (Wildman–Crippen LogP) is 0.755. The molecule has 1 N–H and O–H groups in total. The number of piperazine rings is 2. The van der Waals surface area contributed by atoms with Crippen LogP contribution in [0, 0.1) is 0 Å². The topological polar surface area (TPSA) is 93.1 Å². The fraction of sp³-hybridized carbons (Fsp3) is 0.500. The highest BCUT2D eigenvalue weighted by molar-refractivity contribution is 7.89. The average Bonchev–Trinajstić information content (AvgIpc) is 2.80. The van der Waals surface area contributed by atoms with Gasteiger partial charge in [0, 0.05) is 63.9 Å². The summed E-state index contributed by atoms with van der Waals surface area (Å²) < 4.78 is 27.2. The molecule has 0 atom stereocenters. The first kappa shape index (κ1) is 22.2. The van der Waals surface area contributed by atoms with Crippen LogP contribution in [0.4, 0.5) is 11.6 Å². The van der Waals surface area contributed by atoms with E-state index in [-0.39, 0.29) is 11.5 Å². The molecule has 0 unspecified atom stereocenters. The number of aromatic nitrogens is 2. The number of aliphatic hydroxyl groups excluding tert-OH is 1. The van der Waals surface area contributed by atoms with Gasteiger partial charge in [0.05, 0.1) is 11.5 Å². The normalized spacial score (nSPS) is 19.0. The van der Waals surface area contributed by atoms with Gasteiger partial charge in [0.15, 0.2) is 11.6 Å². The van der Waals surface area contributed by atoms with Crippen molar-refractivity contribution in [3.8, 4) is 0 Å². The number of benzene rings is 1. The maximum Gasteiger partial charge on any atom is 0.243 e. The molecule has 9 nitrogen and oxygen atoms in total. The van der Waals surface area contributed by atoms with Crippen LogP contribution in [0.2, 0.25) is 5.02 Å². The summed E-state index contributed by atoms with van der Waals surface area (Å²) in [4.78, 5) is 6.75. The van der Waals surface area contributed by atoms with Crippen LogP contribution in [-0.4, -0.2) is 98.4 Å². The lowest BCUT2D eigenvalue weighted by Gasteiger charge is -2.36. The maximum atomic E-state index is 12.8. The minimum absolute atomic E-state index is 0.183. The number of β-amino-alcohol motifs (C(OH)–C–C–N with tert-alkyl or cyclic N) is 1. The number of aliphatic hydroxyl groups is 1. The lowest BCUT2D eigenvalue weighted by Crippen LogP contribution is -2.49. The van der Waals surface area contributed by atoms with E-state index in [1.54, 1.807) is 12.1 Å². The molecule has 2 aliphatic rings. The Morgan fingerprint density at radius 1 is 0.806 bits per heavy atom. The Morgan fingerprint density at radius 2 is 1.32 bits per heavy atom. The maximum absolute atomic E-state index is 12.8. The molecule has 3 heterocycles. The van der Waals surface area contributed by atoms with Crippen LogP contribution in [0.3, 0.4) is 0 Å². The zero-order chi connectivity index (χ0) is 21.8. The first-order valence-corrected chi connectivity index (χ1v) is 12.2. The highest BCUT2D eigenvalue weighted by Crippen LogP contribution is 2.22. The highest BCUT2D eigenvalue weighted by atomic mass is 35.5. The Kier molecular flexibility index (Phi) is 6.92. The molecule has 2 saturated heterocycles. The van der Waals surface area contributed by atoms with E-state index in [1.807, 2.05) is 12.1 Å². The SMILES string of the molecule is O=S(=O)(c1ccc(Cl)cc1)N1CCN(c2ccc(N3CCN(CCO)CC3)nn2)CC1. The van der Waals surface area contributed by atoms with Crippen molar-refractivity contribution in [3.63, 3.8) is 0 Å². The predicted molar refractivity (Wildman–Crippen MR) is 120 cm³/mol. The monoisotopic (exact) mass is 466 g/mol. The average molecular weight is 467 g/mol. The van der Waals surface area contributed by atoms with Crippen molar-refractivity contribution in [2.75, 3.05) is 75.3 Å². The summed E-state index contributed by atoms with van der Waals surface area (Å²) in [5, 5.41) is 18.4. The number of nitrogens with zero attached hydrogens (tertiary/aromatic N) is 6. The fourth-order valence-electron chi connectivity index (χ4n) is 3.91. The highest BCUT2D eigenvalue weighted by Gasteiger charge is 2.29. The molecule has 0 saturated carbocycles. The third kappa shape index (κ3) is 5.09. The summed E-state index contributed by atoms with van der Waals surface area (Å²) in [5.74, 6) is 1.60. The third-order valence-electron chi connectivity index (χ3n) is 5.76. The number of rotatable bonds is 6. The first-order valence-electron chi connectivity index (χ1n) is 10.4. The second kappa shape index (κ2) is 9.66. The molecule has 0 aliphatic carbocycles. The van der Waals surface area contributed by atoms with E-state index < -0.39 is 10.0 Å². The lowest BCUT2D eigenvalue weighted by molar-refractivity contribution is 0.188. The van der Waals surface area contributed by atoms with Gasteiger partial charge < -0.3 is 14.9 Å². The standard InChI is InChI=1S/C20H27ClN6O3S/c21-17-1-3-18(4-2-17)31(29,30)27-13-11-26(12-14-27)20-6-5-19(22-23-20)25-9-7-24(8-10-25)15-16-28/h1-6,28H,7-16H2. The molecule has 0 bridgehead atoms. The van der Waals surface area contributed by atoms with E-state index in [0.717, 1.165) is 37.8 Å². The van der Waals surface area contributed by atoms with Crippen molar-refractivity contribution >= 4 is 33.3 Å². The Morgan fingerprint density at radius 3 is 1.81 bits per heavy atom. The smallest absolute Gasteiger partial charge is 0.243 e. The van der Waals surface area contributed by atoms with Crippen LogP contribution in [0.1, 0.15) is 0 Å². The number of halogens is 1. The Labute approximate surface area is 187 Å². The van der Waals surface area contributed by atoms with Crippen molar-refractivity contribution in [3.05, 3.63) is 41.4 Å². The van der Waals surface area contributed by atoms with Crippen LogP contribution >= 0.6 is 11.6 Å². The molecule has 1 aromatic heterocycles. The van der Waals surface area contributed by atoms with Crippen molar-refractivity contribution in [1.29, 1.82) is 0 Å². The Balaban J connectivity index is 1.33. The summed E-state index contributed by atoms with van der Waals surface area (Å²) in [7, 11) is -3.53. The molecule has 168 valence electrons. The van der Waals surface area contributed by atoms with Crippen LogP contribution in [0.25, 0.3) is 0 Å². The number of hydrogen-bond acceptors (Lipinski definition) is 8. The number of anilines is 2. The molecular weight excluding hydrogens is 440 g/mol. The molecule has 2 aromatic rings. The van der Waals surface area contributed by atoms with Gasteiger partial charge in [-0.15, -0.1) is 10.2 Å². The third-order valence-corrected chi connectivity index (χ3v) is 7.93. The summed E-state index contributed by atoms with van der Waals surface area (Å²) >= 11 is 5.87. The van der Waals surface area contributed by atoms with Gasteiger partial charge in [-0.1, -0.05) is 11.6 Å². The molecule has 2 aliphatic heterocycles. The minimum Gasteiger partial charge on any atom is -0.395 e. The summed E-state index contributed by atoms with van der Waals surface area (Å²) in [5.41, 5.74) is 0. The van der Waals surface area contributed by atoms with Crippen LogP contribution in [-0.2, 0) is 10.0 Å². The van der Waals surface area contributed by atoms with Crippen molar-refractivity contribution in [2.45, 2.75) is 4.90 Å². The van der Waals surface area contributed by atoms with Gasteiger partial charge in [0.1, 0.15) is 0 Å². The molecule has 1 aromatic carbocycles. The largest absolute Gasteiger partial charge is 0.395 e. The molecule has 2 fully saturated rings. The molecule has 0 spiro atoms. The van der Waals surface area contributed by atoms with E-state index in [0.29, 0.717) is 37.7 Å². The van der Waals surface area contributed by atoms with Gasteiger partial charge >= 0.3 is 0 Å². The molecule has 31 heavy (non-hydrogen) atoms. The first-order chi connectivity index (χ1) is 15.0. The van der Waals surface area contributed by atoms with Crippen LogP contribution < -0.4 is 9.80 Å². The molecular formula is C20H27ClN6O3S. The van der Waals surface area contributed by atoms with E-state index in [1.165, 1.54) is 16.4 Å². The molecule has 4 rings (SSSR count). The number of sulfonamides is 1. The molecule has 11 heteroatoms. The van der Waals surface area contributed by atoms with Gasteiger partial charge in [0.25, 0.3) is 0 Å². The van der Waals surface area contributed by atoms with Gasteiger partial charge in [-0.25, -0.2) is 8.42 Å². The zero-order valence-corrected chi connectivity index (χ0v) is 18.8. The van der Waals surface area contributed by atoms with Crippen molar-refractivity contribution < 1.29 is 13.5 Å². The minimum atomic E-state index is -3.53. The Hall–Kier alpha value is -1.98. The van der Waals surface area contributed by atoms with Crippen molar-refractivity contribution in [1.82, 2.24) is 19.4 Å². The molecule has 0 amide bonds. The van der Waals surface area contributed by atoms with Gasteiger partial charge in [-0.3, -0.25) is 4.90 Å². The van der Waals surface area contributed by atoms with Crippen LogP contribution in [0.5, 0.6) is 0 Å².